The van der Waals surface area contributed by atoms with Gasteiger partial charge in [-0.3, -0.25) is 9.67 Å². The molecule has 1 fully saturated rings. The number of hydrogen-bond acceptors (Lipinski definition) is 8. The van der Waals surface area contributed by atoms with Gasteiger partial charge in [0.15, 0.2) is 11.7 Å². The van der Waals surface area contributed by atoms with Crippen LogP contribution >= 0.6 is 23.1 Å². The van der Waals surface area contributed by atoms with E-state index >= 15 is 0 Å². The zero-order valence-electron chi connectivity index (χ0n) is 16.4. The molecule has 3 aliphatic rings. The molecule has 0 amide bonds. The van der Waals surface area contributed by atoms with Crippen molar-refractivity contribution >= 4 is 39.8 Å². The first-order valence-electron chi connectivity index (χ1n) is 9.82. The second-order valence-electron chi connectivity index (χ2n) is 7.63. The van der Waals surface area contributed by atoms with Crippen molar-refractivity contribution in [1.82, 2.24) is 24.4 Å². The summed E-state index contributed by atoms with van der Waals surface area (Å²) < 4.78 is 6.18. The van der Waals surface area contributed by atoms with Crippen molar-refractivity contribution < 1.29 is 0 Å². The van der Waals surface area contributed by atoms with Crippen LogP contribution in [0, 0.1) is 12.8 Å². The van der Waals surface area contributed by atoms with Crippen LogP contribution in [0.3, 0.4) is 0 Å². The van der Waals surface area contributed by atoms with Gasteiger partial charge in [-0.1, -0.05) is 11.6 Å². The average Bonchev–Trinajstić information content (AvgIpc) is 3.44. The number of aliphatic imine (C=N–C) groups is 2. The van der Waals surface area contributed by atoms with Gasteiger partial charge in [0.25, 0.3) is 0 Å². The number of anilines is 1. The predicted molar refractivity (Wildman–Crippen MR) is 116 cm³/mol. The first-order valence-corrected chi connectivity index (χ1v) is 11.0. The number of hydrogen-bond donors (Lipinski definition) is 2. The van der Waals surface area contributed by atoms with E-state index in [4.69, 9.17) is 21.6 Å². The maximum absolute atomic E-state index is 6.97. The Morgan fingerprint density at radius 1 is 1.38 bits per heavy atom. The lowest BCUT2D eigenvalue weighted by Crippen LogP contribution is -2.42. The smallest absolute Gasteiger partial charge is 0.174 e. The van der Waals surface area contributed by atoms with Gasteiger partial charge in [0.1, 0.15) is 10.2 Å². The Morgan fingerprint density at radius 3 is 2.97 bits per heavy atom. The highest BCUT2D eigenvalue weighted by molar-refractivity contribution is 7.10. The van der Waals surface area contributed by atoms with Crippen LogP contribution in [0.15, 0.2) is 39.3 Å². The third-order valence-electron chi connectivity index (χ3n) is 5.48. The molecule has 5 rings (SSSR count). The van der Waals surface area contributed by atoms with Crippen LogP contribution < -0.4 is 10.6 Å². The molecule has 1 saturated heterocycles. The Bertz CT molecular complexity index is 1010. The minimum absolute atomic E-state index is 0.0215. The second-order valence-corrected chi connectivity index (χ2v) is 8.80. The molecule has 0 saturated carbocycles. The van der Waals surface area contributed by atoms with Crippen molar-refractivity contribution in [3.63, 3.8) is 0 Å². The number of halogens is 1. The van der Waals surface area contributed by atoms with E-state index in [0.29, 0.717) is 11.7 Å². The zero-order chi connectivity index (χ0) is 20.0. The summed E-state index contributed by atoms with van der Waals surface area (Å²) in [5, 5.41) is 12.9. The van der Waals surface area contributed by atoms with E-state index in [1.807, 2.05) is 37.1 Å². The molecule has 0 radical (unpaired) electrons. The molecule has 2 aromatic heterocycles. The highest BCUT2D eigenvalue weighted by Crippen LogP contribution is 2.39. The largest absolute Gasteiger partial charge is 0.328 e. The summed E-state index contributed by atoms with van der Waals surface area (Å²) in [4.78, 5) is 11.9. The van der Waals surface area contributed by atoms with E-state index in [1.165, 1.54) is 11.5 Å². The number of piperidine rings is 1. The topological polar surface area (TPSA) is 82.7 Å². The third-order valence-corrected chi connectivity index (χ3v) is 6.66. The molecular formula is C19H23ClN8S. The van der Waals surface area contributed by atoms with Crippen molar-refractivity contribution in [1.29, 1.82) is 0 Å². The minimum atomic E-state index is 0.0215. The number of nitrogens with zero attached hydrogens (tertiary/aromatic N) is 6. The monoisotopic (exact) mass is 430 g/mol. The fraction of sp³-hybridized carbons (Fsp3) is 0.474. The van der Waals surface area contributed by atoms with Crippen LogP contribution in [-0.2, 0) is 7.05 Å². The summed E-state index contributed by atoms with van der Waals surface area (Å²) in [6.07, 6.45) is 6.12. The van der Waals surface area contributed by atoms with Gasteiger partial charge in [-0.15, -0.1) is 0 Å². The standard InChI is InChI=1S/C19H23ClN8S/c1-11-6-15(29-26-11)24-18-19-22-9-14(13-8-23-27(2)10-13)28(19)17(20)16(25-18)12-4-3-5-21-7-12/h6,8,10,12,14,21H,3-5,7,9H2,1-2H3,(H,24,25). The SMILES string of the molecule is Cc1cc(NC2=NC(C3CCCNC3)=C(Cl)N3C2=NCC3c2cnn(C)c2)sn1. The van der Waals surface area contributed by atoms with E-state index in [0.717, 1.165) is 59.6 Å². The predicted octanol–water partition coefficient (Wildman–Crippen LogP) is 2.87. The van der Waals surface area contributed by atoms with E-state index in [-0.39, 0.29) is 12.0 Å². The van der Waals surface area contributed by atoms with Crippen molar-refractivity contribution in [3.05, 3.63) is 40.6 Å². The quantitative estimate of drug-likeness (QED) is 0.731. The van der Waals surface area contributed by atoms with Crippen molar-refractivity contribution in [2.75, 3.05) is 25.0 Å². The molecule has 152 valence electrons. The van der Waals surface area contributed by atoms with Gasteiger partial charge in [0.2, 0.25) is 0 Å². The van der Waals surface area contributed by atoms with Crippen LogP contribution in [0.4, 0.5) is 5.00 Å². The van der Waals surface area contributed by atoms with Crippen molar-refractivity contribution in [2.24, 2.45) is 23.0 Å². The van der Waals surface area contributed by atoms with Crippen LogP contribution in [0.2, 0.25) is 0 Å². The van der Waals surface area contributed by atoms with Crippen LogP contribution in [0.1, 0.15) is 30.1 Å². The fourth-order valence-corrected chi connectivity index (χ4v) is 5.13. The van der Waals surface area contributed by atoms with E-state index in [9.17, 15) is 0 Å². The average molecular weight is 431 g/mol. The highest BCUT2D eigenvalue weighted by atomic mass is 35.5. The molecular weight excluding hydrogens is 408 g/mol. The molecule has 0 spiro atoms. The lowest BCUT2D eigenvalue weighted by atomic mass is 9.95. The van der Waals surface area contributed by atoms with Gasteiger partial charge in [-0.05, 0) is 43.9 Å². The lowest BCUT2D eigenvalue weighted by molar-refractivity contribution is 0.394. The van der Waals surface area contributed by atoms with Crippen molar-refractivity contribution in [2.45, 2.75) is 25.8 Å². The first-order chi connectivity index (χ1) is 14.1. The normalized spacial score (nSPS) is 24.4. The van der Waals surface area contributed by atoms with Crippen LogP contribution in [0.5, 0.6) is 0 Å². The highest BCUT2D eigenvalue weighted by Gasteiger charge is 2.40. The van der Waals surface area contributed by atoms with Gasteiger partial charge in [0, 0.05) is 31.3 Å². The molecule has 3 aliphatic heterocycles. The van der Waals surface area contributed by atoms with Crippen LogP contribution in [-0.4, -0.2) is 50.4 Å². The summed E-state index contributed by atoms with van der Waals surface area (Å²) in [5.41, 5.74) is 3.01. The molecule has 2 unspecified atom stereocenters. The summed E-state index contributed by atoms with van der Waals surface area (Å²) >= 11 is 8.39. The molecule has 29 heavy (non-hydrogen) atoms. The number of aromatic nitrogens is 3. The van der Waals surface area contributed by atoms with Gasteiger partial charge in [0.05, 0.1) is 30.2 Å². The summed E-state index contributed by atoms with van der Waals surface area (Å²) in [7, 11) is 1.92. The molecule has 2 aromatic rings. The minimum Gasteiger partial charge on any atom is -0.328 e. The van der Waals surface area contributed by atoms with Crippen molar-refractivity contribution in [3.8, 4) is 0 Å². The van der Waals surface area contributed by atoms with Gasteiger partial charge in [-0.2, -0.15) is 9.47 Å². The molecule has 2 N–H and O–H groups in total. The Kier molecular flexibility index (Phi) is 4.89. The molecule has 2 atom stereocenters. The molecule has 0 aliphatic carbocycles. The van der Waals surface area contributed by atoms with E-state index in [1.54, 1.807) is 0 Å². The Balaban J connectivity index is 1.54. The maximum Gasteiger partial charge on any atom is 0.174 e. The Hall–Kier alpha value is -2.23. The fourth-order valence-electron chi connectivity index (χ4n) is 4.07. The zero-order valence-corrected chi connectivity index (χ0v) is 18.0. The van der Waals surface area contributed by atoms with Gasteiger partial charge in [-0.25, -0.2) is 4.99 Å². The van der Waals surface area contributed by atoms with Crippen LogP contribution in [0.25, 0.3) is 0 Å². The van der Waals surface area contributed by atoms with E-state index in [2.05, 4.69) is 25.0 Å². The molecule has 0 bridgehead atoms. The number of rotatable bonds is 3. The third kappa shape index (κ3) is 3.47. The van der Waals surface area contributed by atoms with Gasteiger partial charge < -0.3 is 15.5 Å². The second kappa shape index (κ2) is 7.55. The number of fused-ring (bicyclic) bond motifs is 1. The molecule has 5 heterocycles. The van der Waals surface area contributed by atoms with E-state index < -0.39 is 0 Å². The summed E-state index contributed by atoms with van der Waals surface area (Å²) in [6, 6.07) is 2.04. The maximum atomic E-state index is 6.97. The molecule has 0 aromatic carbocycles. The molecule has 8 nitrogen and oxygen atoms in total. The Morgan fingerprint density at radius 2 is 2.28 bits per heavy atom. The summed E-state index contributed by atoms with van der Waals surface area (Å²) in [5.74, 6) is 1.81. The summed E-state index contributed by atoms with van der Waals surface area (Å²) in [6.45, 7) is 4.54. The first kappa shape index (κ1) is 18.8. The lowest BCUT2D eigenvalue weighted by Gasteiger charge is -2.34. The Labute approximate surface area is 178 Å². The van der Waals surface area contributed by atoms with Gasteiger partial charge >= 0.3 is 0 Å². The number of nitrogens with one attached hydrogen (secondary N) is 2. The molecule has 10 heteroatoms. The number of aryl methyl sites for hydroxylation is 2. The number of amidine groups is 2.